The first kappa shape index (κ1) is 99.1. The second-order valence-corrected chi connectivity index (χ2v) is 37.6. The van der Waals surface area contributed by atoms with Crippen molar-refractivity contribution in [2.45, 2.75) is 209 Å². The molecule has 11 amide bonds. The third kappa shape index (κ3) is 27.4. The maximum atomic E-state index is 15.3. The highest BCUT2D eigenvalue weighted by atomic mass is 35.5. The highest BCUT2D eigenvalue weighted by molar-refractivity contribution is 8.77. The van der Waals surface area contributed by atoms with Gasteiger partial charge in [-0.3, -0.25) is 58.1 Å². The van der Waals surface area contributed by atoms with Crippen LogP contribution in [0.15, 0.2) is 121 Å². The number of halogens is 1. The van der Waals surface area contributed by atoms with E-state index in [4.69, 9.17) is 46.8 Å². The number of amides is 11. The molecule has 3 fully saturated rings. The number of ether oxygens (including phenoxy) is 5. The molecule has 9 rings (SSSR count). The zero-order valence-electron chi connectivity index (χ0n) is 71.4. The maximum Gasteiger partial charge on any atom is 0.409 e. The van der Waals surface area contributed by atoms with E-state index in [1.807, 2.05) is 43.3 Å². The number of nitrogens with two attached hydrogens (primary N) is 2. The molecule has 125 heavy (non-hydrogen) atoms. The molecular weight excluding hydrogens is 1710 g/mol. The first-order chi connectivity index (χ1) is 59.4. The summed E-state index contributed by atoms with van der Waals surface area (Å²) in [6.07, 6.45) is 0.0188. The molecule has 33 nitrogen and oxygen atoms in total. The number of aliphatic hydroxyl groups excluding tert-OH is 1. The molecular formula is C87H113ClN12O21S4. The van der Waals surface area contributed by atoms with E-state index in [9.17, 15) is 63.3 Å². The van der Waals surface area contributed by atoms with E-state index in [0.717, 1.165) is 64.8 Å². The van der Waals surface area contributed by atoms with Gasteiger partial charge in [0.2, 0.25) is 59.1 Å². The third-order valence-electron chi connectivity index (χ3n) is 22.6. The number of alkyl carbamates (subject to hydrolysis) is 1. The van der Waals surface area contributed by atoms with Crippen LogP contribution in [0.3, 0.4) is 0 Å². The number of fused-ring (bicyclic) bond motifs is 6. The number of nitrogens with one attached hydrogen (secondary N) is 8. The number of primary amides is 1. The number of carbonyl (C=O) groups excluding carboxylic acids is 13. The second kappa shape index (κ2) is 46.2. The molecule has 0 aromatic heterocycles. The number of epoxide rings is 1. The SMILES string of the molecule is COc1cc2cc(c1Cl)N(C)C(=O)C[C@H](OC(=O)[C@H](C)N(C)C(=O)CCSSC[C@H](NC(=O)[C@@H]1CSSC[C@H](NC(=O)[C@@H](Cc3ccccc3)NC(C)=O)C(=O)C[C@@H](Cc3ccc(O)cc3)C(=O)N[C@H](CC3=CCc4ccccc43)C(=O)N[C@@H](CCCCN)C(=O)N[C@@H]([C@@H](C)O)C(=O)N1)C(N)=O)[C@]1(C)O[C@H]1[C@H](C)[C@@H]1C[C@@](O)(NC(=O)O1)[C@H](OC)/C=C/C=C(\C)C2. The Balaban J connectivity index is 0.923. The van der Waals surface area contributed by atoms with Crippen molar-refractivity contribution in [1.29, 1.82) is 0 Å². The van der Waals surface area contributed by atoms with Crippen LogP contribution >= 0.6 is 54.8 Å². The monoisotopic (exact) mass is 1820 g/mol. The first-order valence-electron chi connectivity index (χ1n) is 41.2. The van der Waals surface area contributed by atoms with Gasteiger partial charge in [0.05, 0.1) is 37.5 Å². The number of likely N-dealkylation sites (N-methyl/N-ethyl adjacent to an activating group) is 1. The molecule has 678 valence electrons. The number of aromatic hydroxyl groups is 1. The minimum absolute atomic E-state index is 0.00665. The lowest BCUT2D eigenvalue weighted by molar-refractivity contribution is -0.162. The van der Waals surface area contributed by atoms with Crippen molar-refractivity contribution < 1.29 is 101 Å². The standard InChI is InChI=1S/C87H113ClN12O21S4/c1-47-19-18-25-70(118-10)87(116)43-69(119-85(115)98-87)48(2)76-86(6,121-76)71(42-73(106)100(8)66-38-54(35-47)39-68(117-9)74(66)88)120-84(114)49(3)99(7)72(105)32-34-122-123-45-64(77(90)107)95-82(112)65-46-125-124-44-63(94-80(110)61(91-51(5)102)37-52-20-12-11-13-21-52)67(104)41-57(36-53-26-30-58(103)31-27-53)78(108)93-62(40-56-29-28-55-22-14-15-23-59(55)56)81(111)92-60(24-16-17-33-89)79(109)97-75(50(4)101)83(113)96-65/h11-15,18-23,25-27,29-31,38-39,48-50,57,60-65,69-71,75-76,101,103,116H,16-17,24,28,32-37,40-46,89H2,1-10H3,(H2,90,107)(H,91,102)(H,92,111)(H,93,108)(H,94,110)(H,95,112)(H,96,113)(H,97,109)(H,98,115)/b25-18+,47-19+/t48-,49+,50-,57-,60+,61-,62-,63+,64+,65+,69+,70-,71+,75+,76+,86+,87+/m1/s1. The van der Waals surface area contributed by atoms with Gasteiger partial charge in [-0.2, -0.15) is 0 Å². The molecule has 38 heteroatoms. The smallest absolute Gasteiger partial charge is 0.409 e. The van der Waals surface area contributed by atoms with E-state index in [-0.39, 0.29) is 96.7 Å². The largest absolute Gasteiger partial charge is 0.508 e. The Morgan fingerprint density at radius 2 is 1.54 bits per heavy atom. The molecule has 3 saturated heterocycles. The van der Waals surface area contributed by atoms with Crippen LogP contribution in [-0.4, -0.2) is 245 Å². The first-order valence-corrected chi connectivity index (χ1v) is 46.5. The van der Waals surface area contributed by atoms with Gasteiger partial charge in [-0.15, -0.1) is 0 Å². The number of phenolic OH excluding ortho intramolecular Hbond substituents is 1. The maximum absolute atomic E-state index is 15.3. The summed E-state index contributed by atoms with van der Waals surface area (Å²) >= 11 is 6.90. The summed E-state index contributed by atoms with van der Waals surface area (Å²) in [5.74, 6) is -12.3. The summed E-state index contributed by atoms with van der Waals surface area (Å²) in [5, 5.41) is 55.2. The fourth-order valence-corrected chi connectivity index (χ4v) is 20.0. The van der Waals surface area contributed by atoms with Crippen LogP contribution in [0.2, 0.25) is 5.02 Å². The zero-order valence-corrected chi connectivity index (χ0v) is 75.4. The lowest BCUT2D eigenvalue weighted by Crippen LogP contribution is -2.63. The summed E-state index contributed by atoms with van der Waals surface area (Å²) in [5.41, 5.74) is 14.0. The van der Waals surface area contributed by atoms with Crippen LogP contribution < -0.4 is 63.6 Å². The van der Waals surface area contributed by atoms with Gasteiger partial charge in [-0.05, 0) is 130 Å². The molecule has 0 spiro atoms. The summed E-state index contributed by atoms with van der Waals surface area (Å²) in [6, 6.07) is 13.9. The van der Waals surface area contributed by atoms with Crippen molar-refractivity contribution in [3.63, 3.8) is 0 Å². The Morgan fingerprint density at radius 3 is 2.22 bits per heavy atom. The fraction of sp³-hybridized carbons (Fsp3) is 0.506. The fourth-order valence-electron chi connectivity index (χ4n) is 15.2. The quantitative estimate of drug-likeness (QED) is 0.0156. The van der Waals surface area contributed by atoms with Crippen LogP contribution in [0, 0.1) is 11.8 Å². The number of benzene rings is 4. The van der Waals surface area contributed by atoms with E-state index < -0.39 is 192 Å². The Kier molecular flexibility index (Phi) is 36.6. The number of Topliss-reactive ketones (excluding diaryl/α,β-unsaturated/α-hetero) is 1. The van der Waals surface area contributed by atoms with Crippen molar-refractivity contribution >= 4 is 143 Å². The Bertz CT molecular complexity index is 4670. The molecule has 4 aliphatic heterocycles. The van der Waals surface area contributed by atoms with Crippen molar-refractivity contribution in [2.24, 2.45) is 23.3 Å². The van der Waals surface area contributed by atoms with Gasteiger partial charge < -0.3 is 97.5 Å². The normalized spacial score (nSPS) is 26.5. The van der Waals surface area contributed by atoms with Crippen molar-refractivity contribution in [3.8, 4) is 11.5 Å². The van der Waals surface area contributed by atoms with Gasteiger partial charge in [0.15, 0.2) is 11.5 Å². The number of esters is 1. The number of nitrogens with zero attached hydrogens (tertiary/aromatic N) is 2. The molecule has 0 radical (unpaired) electrons. The number of phenols is 1. The molecule has 15 N–H and O–H groups in total. The molecule has 5 aliphatic rings. The van der Waals surface area contributed by atoms with E-state index in [0.29, 0.717) is 41.5 Å². The highest BCUT2D eigenvalue weighted by Gasteiger charge is 2.65. The molecule has 4 bridgehead atoms. The topological polar surface area (TPSA) is 487 Å². The molecule has 1 aliphatic carbocycles. The van der Waals surface area contributed by atoms with Crippen molar-refractivity contribution in [3.05, 3.63) is 154 Å². The predicted octanol–water partition coefficient (Wildman–Crippen LogP) is 4.89. The number of rotatable bonds is 28. The van der Waals surface area contributed by atoms with Crippen LogP contribution in [0.25, 0.3) is 5.57 Å². The number of ketones is 1. The minimum Gasteiger partial charge on any atom is -0.508 e. The van der Waals surface area contributed by atoms with Gasteiger partial charge in [0.25, 0.3) is 0 Å². The summed E-state index contributed by atoms with van der Waals surface area (Å²) in [7, 11) is 9.73. The van der Waals surface area contributed by atoms with Gasteiger partial charge in [-0.1, -0.05) is 158 Å². The number of carbonyl (C=O) groups is 13. The molecule has 4 aromatic carbocycles. The summed E-state index contributed by atoms with van der Waals surface area (Å²) < 4.78 is 29.7. The lowest BCUT2D eigenvalue weighted by atomic mass is 9.83. The number of allylic oxidation sites excluding steroid dienone is 4. The van der Waals surface area contributed by atoms with Crippen LogP contribution in [0.5, 0.6) is 11.5 Å². The lowest BCUT2D eigenvalue weighted by Gasteiger charge is -2.42. The van der Waals surface area contributed by atoms with E-state index >= 15 is 14.4 Å². The zero-order chi connectivity index (χ0) is 91.1. The summed E-state index contributed by atoms with van der Waals surface area (Å²) in [6.45, 7) is 9.30. The van der Waals surface area contributed by atoms with Crippen LogP contribution in [0.1, 0.15) is 121 Å². The Hall–Kier alpha value is -9.70. The average Bonchev–Trinajstić information content (AvgIpc) is 1.57. The van der Waals surface area contributed by atoms with E-state index in [2.05, 4.69) is 42.5 Å². The highest BCUT2D eigenvalue weighted by Crippen LogP contribution is 2.50. The number of anilines is 1. The van der Waals surface area contributed by atoms with Gasteiger partial charge >= 0.3 is 12.1 Å². The average molecular weight is 1830 g/mol. The molecule has 4 heterocycles. The number of aliphatic hydroxyl groups is 2. The third-order valence-corrected chi connectivity index (χ3v) is 27.9. The van der Waals surface area contributed by atoms with Crippen LogP contribution in [0.4, 0.5) is 10.5 Å². The minimum atomic E-state index is -1.96. The van der Waals surface area contributed by atoms with Gasteiger partial charge in [0.1, 0.15) is 82.7 Å². The van der Waals surface area contributed by atoms with Gasteiger partial charge in [-0.25, -0.2) is 9.59 Å². The second-order valence-electron chi connectivity index (χ2n) is 32.0. The number of hydrogen-bond acceptors (Lipinski definition) is 26. The Labute approximate surface area is 747 Å². The van der Waals surface area contributed by atoms with Gasteiger partial charge in [0, 0.05) is 95.1 Å². The van der Waals surface area contributed by atoms with E-state index in [1.165, 1.54) is 66.1 Å². The number of methoxy groups -OCH3 is 2. The molecule has 4 aromatic rings. The van der Waals surface area contributed by atoms with Crippen molar-refractivity contribution in [2.75, 3.05) is 62.8 Å². The number of hydrogen-bond donors (Lipinski definition) is 13. The molecule has 0 saturated carbocycles. The van der Waals surface area contributed by atoms with Crippen LogP contribution in [-0.2, 0) is 102 Å². The summed E-state index contributed by atoms with van der Waals surface area (Å²) in [4.78, 5) is 190. The predicted molar refractivity (Wildman–Crippen MR) is 476 cm³/mol. The van der Waals surface area contributed by atoms with E-state index in [1.54, 1.807) is 80.6 Å². The van der Waals surface area contributed by atoms with Crippen molar-refractivity contribution in [1.82, 2.24) is 47.4 Å². The Morgan fingerprint density at radius 1 is 0.840 bits per heavy atom. The number of unbranched alkanes of at least 4 members (excludes halogenated alkanes) is 1. The molecule has 0 unspecified atom stereocenters. The molecule has 17 atom stereocenters.